The predicted molar refractivity (Wildman–Crippen MR) is 51.9 cm³/mol. The molecule has 0 aliphatic rings. The van der Waals surface area contributed by atoms with Crippen molar-refractivity contribution in [2.24, 2.45) is 0 Å². The summed E-state index contributed by atoms with van der Waals surface area (Å²) < 4.78 is 10.2. The van der Waals surface area contributed by atoms with Crippen LogP contribution in [0.4, 0.5) is 0 Å². The molecule has 0 aromatic heterocycles. The minimum absolute atomic E-state index is 0.105. The third-order valence-corrected chi connectivity index (χ3v) is 1.40. The van der Waals surface area contributed by atoms with E-state index in [9.17, 15) is 9.59 Å². The molecule has 0 saturated heterocycles. The van der Waals surface area contributed by atoms with Crippen LogP contribution in [-0.4, -0.2) is 30.1 Å². The number of rotatable bonds is 4. The molecule has 0 aliphatic heterocycles. The smallest absolute Gasteiger partial charge is 0.338 e. The Morgan fingerprint density at radius 2 is 1.71 bits per heavy atom. The average molecular weight is 202 g/mol. The Kier molecular flexibility index (Phi) is 4.26. The van der Waals surface area contributed by atoms with Crippen LogP contribution in [0.15, 0.2) is 0 Å². The number of hydrogen-bond acceptors (Lipinski definition) is 4. The van der Waals surface area contributed by atoms with Crippen LogP contribution in [0.2, 0.25) is 0 Å². The van der Waals surface area contributed by atoms with E-state index in [-0.39, 0.29) is 6.61 Å². The fraction of sp³-hybridized carbons (Fsp3) is 0.800. The highest BCUT2D eigenvalue weighted by Gasteiger charge is 2.33. The highest BCUT2D eigenvalue weighted by Crippen LogP contribution is 2.16. The molecule has 0 aromatic rings. The van der Waals surface area contributed by atoms with Crippen molar-refractivity contribution in [1.29, 1.82) is 0 Å². The number of esters is 1. The van der Waals surface area contributed by atoms with Crippen LogP contribution in [0.3, 0.4) is 0 Å². The molecule has 0 bridgehead atoms. The van der Waals surface area contributed by atoms with E-state index in [1.165, 1.54) is 0 Å². The fourth-order valence-corrected chi connectivity index (χ4v) is 0.702. The maximum absolute atomic E-state index is 11.5. The van der Waals surface area contributed by atoms with Crippen molar-refractivity contribution >= 4 is 12.3 Å². The number of aldehydes is 1. The van der Waals surface area contributed by atoms with Crippen LogP contribution in [0.1, 0.15) is 34.6 Å². The van der Waals surface area contributed by atoms with Gasteiger partial charge in [0.15, 0.2) is 5.60 Å². The quantitative estimate of drug-likeness (QED) is 0.509. The summed E-state index contributed by atoms with van der Waals surface area (Å²) >= 11 is 0. The van der Waals surface area contributed by atoms with E-state index < -0.39 is 17.2 Å². The molecule has 4 heteroatoms. The van der Waals surface area contributed by atoms with Crippen molar-refractivity contribution in [3.63, 3.8) is 0 Å². The van der Waals surface area contributed by atoms with E-state index in [0.717, 1.165) is 0 Å². The molecule has 0 saturated carbocycles. The highest BCUT2D eigenvalue weighted by atomic mass is 16.6. The van der Waals surface area contributed by atoms with Gasteiger partial charge in [-0.25, -0.2) is 4.79 Å². The van der Waals surface area contributed by atoms with Gasteiger partial charge in [-0.15, -0.1) is 0 Å². The molecule has 0 heterocycles. The van der Waals surface area contributed by atoms with Crippen molar-refractivity contribution in [3.8, 4) is 0 Å². The maximum atomic E-state index is 11.5. The second kappa shape index (κ2) is 4.55. The van der Waals surface area contributed by atoms with Gasteiger partial charge in [0, 0.05) is 0 Å². The Morgan fingerprint density at radius 1 is 1.21 bits per heavy atom. The van der Waals surface area contributed by atoms with Gasteiger partial charge < -0.3 is 14.3 Å². The van der Waals surface area contributed by atoms with Crippen molar-refractivity contribution in [2.75, 3.05) is 6.61 Å². The molecule has 4 nitrogen and oxygen atoms in total. The van der Waals surface area contributed by atoms with Crippen LogP contribution < -0.4 is 0 Å². The molecule has 82 valence electrons. The molecule has 0 spiro atoms. The second-order valence-corrected chi connectivity index (χ2v) is 4.49. The highest BCUT2D eigenvalue weighted by molar-refractivity contribution is 5.79. The predicted octanol–water partition coefficient (Wildman–Crippen LogP) is 1.32. The molecule has 14 heavy (non-hydrogen) atoms. The van der Waals surface area contributed by atoms with Crippen LogP contribution >= 0.6 is 0 Å². The Hall–Kier alpha value is -0.900. The summed E-state index contributed by atoms with van der Waals surface area (Å²) in [4.78, 5) is 21.6. The van der Waals surface area contributed by atoms with Gasteiger partial charge in [-0.05, 0) is 34.6 Å². The van der Waals surface area contributed by atoms with E-state index in [4.69, 9.17) is 9.47 Å². The lowest BCUT2D eigenvalue weighted by molar-refractivity contribution is -0.179. The first-order valence-corrected chi connectivity index (χ1v) is 4.50. The number of ether oxygens (including phenoxy) is 2. The lowest BCUT2D eigenvalue weighted by Crippen LogP contribution is -2.41. The summed E-state index contributed by atoms with van der Waals surface area (Å²) in [6.07, 6.45) is 0.603. The van der Waals surface area contributed by atoms with Crippen molar-refractivity contribution < 1.29 is 19.1 Å². The van der Waals surface area contributed by atoms with Crippen LogP contribution in [0.5, 0.6) is 0 Å². The first kappa shape index (κ1) is 13.1. The van der Waals surface area contributed by atoms with E-state index in [0.29, 0.717) is 6.29 Å². The number of carbonyl (C=O) groups is 2. The maximum Gasteiger partial charge on any atom is 0.338 e. The summed E-state index contributed by atoms with van der Waals surface area (Å²) in [6, 6.07) is 0. The lowest BCUT2D eigenvalue weighted by atomic mass is 10.1. The normalized spacial score (nSPS) is 12.4. The van der Waals surface area contributed by atoms with E-state index in [1.54, 1.807) is 34.6 Å². The molecule has 0 radical (unpaired) electrons. The average Bonchev–Trinajstić information content (AvgIpc) is 1.97. The summed E-state index contributed by atoms with van der Waals surface area (Å²) in [5.41, 5.74) is -1.62. The fourth-order valence-electron chi connectivity index (χ4n) is 0.702. The molecule has 0 aliphatic carbocycles. The Bertz CT molecular complexity index is 213. The monoisotopic (exact) mass is 202 g/mol. The third-order valence-electron chi connectivity index (χ3n) is 1.40. The number of carbonyl (C=O) groups excluding carboxylic acids is 2. The molecule has 0 atom stereocenters. The first-order chi connectivity index (χ1) is 6.19. The standard InChI is InChI=1S/C10H18O4/c1-9(2,3)14-8(12)10(4,5)13-7-6-11/h6H,7H2,1-5H3. The minimum Gasteiger partial charge on any atom is -0.458 e. The van der Waals surface area contributed by atoms with Crippen molar-refractivity contribution in [1.82, 2.24) is 0 Å². The summed E-state index contributed by atoms with van der Waals surface area (Å²) in [5, 5.41) is 0. The van der Waals surface area contributed by atoms with E-state index >= 15 is 0 Å². The summed E-state index contributed by atoms with van der Waals surface area (Å²) in [6.45, 7) is 8.38. The van der Waals surface area contributed by atoms with Crippen LogP contribution in [0, 0.1) is 0 Å². The summed E-state index contributed by atoms with van der Waals surface area (Å²) in [7, 11) is 0. The third kappa shape index (κ3) is 4.97. The van der Waals surface area contributed by atoms with Gasteiger partial charge >= 0.3 is 5.97 Å². The largest absolute Gasteiger partial charge is 0.458 e. The van der Waals surface area contributed by atoms with Gasteiger partial charge in [0.2, 0.25) is 0 Å². The number of hydrogen-bond donors (Lipinski definition) is 0. The zero-order valence-electron chi connectivity index (χ0n) is 9.42. The van der Waals surface area contributed by atoms with E-state index in [2.05, 4.69) is 0 Å². The molecule has 0 amide bonds. The zero-order chi connectivity index (χ0) is 11.4. The van der Waals surface area contributed by atoms with Gasteiger partial charge in [0.1, 0.15) is 18.5 Å². The molecular weight excluding hydrogens is 184 g/mol. The van der Waals surface area contributed by atoms with Crippen LogP contribution in [-0.2, 0) is 19.1 Å². The second-order valence-electron chi connectivity index (χ2n) is 4.49. The molecule has 0 N–H and O–H groups in total. The Balaban J connectivity index is 4.28. The molecule has 0 unspecified atom stereocenters. The molecule has 0 fully saturated rings. The van der Waals surface area contributed by atoms with Crippen molar-refractivity contribution in [3.05, 3.63) is 0 Å². The molecular formula is C10H18O4. The van der Waals surface area contributed by atoms with Gasteiger partial charge in [-0.2, -0.15) is 0 Å². The van der Waals surface area contributed by atoms with E-state index in [1.807, 2.05) is 0 Å². The minimum atomic E-state index is -1.08. The zero-order valence-corrected chi connectivity index (χ0v) is 9.42. The summed E-state index contributed by atoms with van der Waals surface area (Å²) in [5.74, 6) is -0.466. The Morgan fingerprint density at radius 3 is 2.07 bits per heavy atom. The molecule has 0 rings (SSSR count). The molecule has 0 aromatic carbocycles. The topological polar surface area (TPSA) is 52.6 Å². The van der Waals surface area contributed by atoms with Crippen LogP contribution in [0.25, 0.3) is 0 Å². The van der Waals surface area contributed by atoms with Gasteiger partial charge in [0.05, 0.1) is 0 Å². The van der Waals surface area contributed by atoms with Gasteiger partial charge in [-0.1, -0.05) is 0 Å². The van der Waals surface area contributed by atoms with Gasteiger partial charge in [0.25, 0.3) is 0 Å². The first-order valence-electron chi connectivity index (χ1n) is 4.50. The van der Waals surface area contributed by atoms with Crippen molar-refractivity contribution in [2.45, 2.75) is 45.8 Å². The SMILES string of the molecule is CC(C)(C)OC(=O)C(C)(C)OCC=O. The Labute approximate surface area is 84.6 Å². The lowest BCUT2D eigenvalue weighted by Gasteiger charge is -2.27. The van der Waals surface area contributed by atoms with Gasteiger partial charge in [-0.3, -0.25) is 0 Å².